The molecular formula is C15H14N2O2S. The van der Waals surface area contributed by atoms with E-state index in [0.29, 0.717) is 12.1 Å². The summed E-state index contributed by atoms with van der Waals surface area (Å²) >= 11 is 1.46. The summed E-state index contributed by atoms with van der Waals surface area (Å²) in [6.45, 7) is 2.46. The van der Waals surface area contributed by atoms with Crippen LogP contribution in [0.15, 0.2) is 29.6 Å². The highest BCUT2D eigenvalue weighted by molar-refractivity contribution is 7.12. The minimum atomic E-state index is -0.120. The number of fused-ring (bicyclic) bond motifs is 1. The molecule has 0 bridgehead atoms. The molecule has 3 rings (SSSR count). The summed E-state index contributed by atoms with van der Waals surface area (Å²) in [5, 5.41) is 4.73. The average molecular weight is 286 g/mol. The summed E-state index contributed by atoms with van der Waals surface area (Å²) < 4.78 is 0. The molecule has 0 radical (unpaired) electrons. The number of rotatable bonds is 2. The van der Waals surface area contributed by atoms with Crippen molar-refractivity contribution in [3.05, 3.63) is 51.2 Å². The highest BCUT2D eigenvalue weighted by Crippen LogP contribution is 2.26. The topological polar surface area (TPSA) is 49.4 Å². The van der Waals surface area contributed by atoms with Gasteiger partial charge in [-0.3, -0.25) is 4.79 Å². The lowest BCUT2D eigenvalue weighted by Gasteiger charge is -2.26. The monoisotopic (exact) mass is 286 g/mol. The Morgan fingerprint density at radius 1 is 1.35 bits per heavy atom. The van der Waals surface area contributed by atoms with Gasteiger partial charge in [-0.15, -0.1) is 11.3 Å². The molecule has 1 aromatic heterocycles. The normalized spacial score (nSPS) is 13.9. The number of benzene rings is 1. The van der Waals surface area contributed by atoms with E-state index in [1.807, 2.05) is 24.4 Å². The van der Waals surface area contributed by atoms with E-state index in [9.17, 15) is 9.59 Å². The zero-order valence-corrected chi connectivity index (χ0v) is 12.1. The SMILES string of the molecule is Cc1ccsc1C(=O)c1ccc2c(c1)CN(C)C(=O)N2. The maximum atomic E-state index is 12.5. The number of carbonyl (C=O) groups is 2. The molecule has 20 heavy (non-hydrogen) atoms. The van der Waals surface area contributed by atoms with Crippen LogP contribution in [-0.2, 0) is 6.54 Å². The predicted molar refractivity (Wildman–Crippen MR) is 79.4 cm³/mol. The first-order chi connectivity index (χ1) is 9.56. The Bertz CT molecular complexity index is 706. The second-order valence-electron chi connectivity index (χ2n) is 4.92. The zero-order chi connectivity index (χ0) is 14.3. The second kappa shape index (κ2) is 4.76. The van der Waals surface area contributed by atoms with Gasteiger partial charge in [0.25, 0.3) is 0 Å². The summed E-state index contributed by atoms with van der Waals surface area (Å²) in [6.07, 6.45) is 0. The molecule has 1 aliphatic rings. The van der Waals surface area contributed by atoms with E-state index < -0.39 is 0 Å². The third-order valence-corrected chi connectivity index (χ3v) is 4.45. The molecule has 0 fully saturated rings. The van der Waals surface area contributed by atoms with Gasteiger partial charge in [-0.05, 0) is 47.7 Å². The molecule has 4 nitrogen and oxygen atoms in total. The number of nitrogens with one attached hydrogen (secondary N) is 1. The van der Waals surface area contributed by atoms with E-state index in [2.05, 4.69) is 5.32 Å². The smallest absolute Gasteiger partial charge is 0.321 e. The van der Waals surface area contributed by atoms with Crippen LogP contribution in [0.4, 0.5) is 10.5 Å². The Morgan fingerprint density at radius 3 is 2.85 bits per heavy atom. The summed E-state index contributed by atoms with van der Waals surface area (Å²) in [6, 6.07) is 7.27. The van der Waals surface area contributed by atoms with Crippen LogP contribution in [0.2, 0.25) is 0 Å². The first kappa shape index (κ1) is 12.9. The highest BCUT2D eigenvalue weighted by Gasteiger charge is 2.21. The zero-order valence-electron chi connectivity index (χ0n) is 11.3. The van der Waals surface area contributed by atoms with Crippen molar-refractivity contribution in [1.29, 1.82) is 0 Å². The third kappa shape index (κ3) is 2.10. The summed E-state index contributed by atoms with van der Waals surface area (Å²) in [5.74, 6) is 0.0415. The van der Waals surface area contributed by atoms with Gasteiger partial charge >= 0.3 is 6.03 Å². The largest absolute Gasteiger partial charge is 0.323 e. The minimum absolute atomic E-state index is 0.0415. The first-order valence-electron chi connectivity index (χ1n) is 6.30. The van der Waals surface area contributed by atoms with Gasteiger partial charge in [-0.2, -0.15) is 0 Å². The van der Waals surface area contributed by atoms with Gasteiger partial charge in [-0.25, -0.2) is 4.79 Å². The van der Waals surface area contributed by atoms with E-state index in [1.54, 1.807) is 24.1 Å². The first-order valence-corrected chi connectivity index (χ1v) is 7.18. The Hall–Kier alpha value is -2.14. The number of anilines is 1. The summed E-state index contributed by atoms with van der Waals surface area (Å²) in [4.78, 5) is 26.4. The average Bonchev–Trinajstić information content (AvgIpc) is 2.85. The molecule has 2 heterocycles. The van der Waals surface area contributed by atoms with Crippen molar-refractivity contribution in [3.63, 3.8) is 0 Å². The third-order valence-electron chi connectivity index (χ3n) is 3.43. The second-order valence-corrected chi connectivity index (χ2v) is 5.84. The number of thiophene rings is 1. The summed E-state index contributed by atoms with van der Waals surface area (Å²) in [5.41, 5.74) is 3.42. The van der Waals surface area contributed by atoms with Gasteiger partial charge in [-0.1, -0.05) is 0 Å². The Morgan fingerprint density at radius 2 is 2.15 bits per heavy atom. The van der Waals surface area contributed by atoms with Crippen molar-refractivity contribution in [2.24, 2.45) is 0 Å². The van der Waals surface area contributed by atoms with Gasteiger partial charge in [0.05, 0.1) is 4.88 Å². The maximum Gasteiger partial charge on any atom is 0.321 e. The molecule has 0 unspecified atom stereocenters. The highest BCUT2D eigenvalue weighted by atomic mass is 32.1. The number of ketones is 1. The molecule has 5 heteroatoms. The van der Waals surface area contributed by atoms with Crippen LogP contribution >= 0.6 is 11.3 Å². The van der Waals surface area contributed by atoms with Gasteiger partial charge < -0.3 is 10.2 Å². The fraction of sp³-hybridized carbons (Fsp3) is 0.200. The van der Waals surface area contributed by atoms with E-state index in [1.165, 1.54) is 11.3 Å². The van der Waals surface area contributed by atoms with E-state index >= 15 is 0 Å². The number of aryl methyl sites for hydroxylation is 1. The minimum Gasteiger partial charge on any atom is -0.323 e. The van der Waals surface area contributed by atoms with Crippen LogP contribution in [0.1, 0.15) is 26.4 Å². The quantitative estimate of drug-likeness (QED) is 0.861. The fourth-order valence-corrected chi connectivity index (χ4v) is 3.15. The van der Waals surface area contributed by atoms with Crippen molar-refractivity contribution >= 4 is 28.8 Å². The Balaban J connectivity index is 1.97. The molecule has 0 saturated carbocycles. The van der Waals surface area contributed by atoms with Crippen molar-refractivity contribution < 1.29 is 9.59 Å². The van der Waals surface area contributed by atoms with Crippen molar-refractivity contribution in [3.8, 4) is 0 Å². The van der Waals surface area contributed by atoms with Crippen molar-refractivity contribution in [2.75, 3.05) is 12.4 Å². The summed E-state index contributed by atoms with van der Waals surface area (Å²) in [7, 11) is 1.73. The van der Waals surface area contributed by atoms with E-state index in [-0.39, 0.29) is 11.8 Å². The molecular weight excluding hydrogens is 272 g/mol. The number of hydrogen-bond donors (Lipinski definition) is 1. The maximum absolute atomic E-state index is 12.5. The number of carbonyl (C=O) groups excluding carboxylic acids is 2. The number of nitrogens with zero attached hydrogens (tertiary/aromatic N) is 1. The predicted octanol–water partition coefficient (Wildman–Crippen LogP) is 3.26. The Kier molecular flexibility index (Phi) is 3.06. The van der Waals surface area contributed by atoms with Crippen LogP contribution in [0.25, 0.3) is 0 Å². The lowest BCUT2D eigenvalue weighted by molar-refractivity contribution is 0.104. The van der Waals surface area contributed by atoms with Crippen LogP contribution in [0.5, 0.6) is 0 Å². The molecule has 0 saturated heterocycles. The van der Waals surface area contributed by atoms with Crippen LogP contribution in [-0.4, -0.2) is 23.8 Å². The number of amides is 2. The van der Waals surface area contributed by atoms with E-state index in [0.717, 1.165) is 21.7 Å². The molecule has 1 aromatic carbocycles. The molecule has 0 spiro atoms. The van der Waals surface area contributed by atoms with Crippen LogP contribution < -0.4 is 5.32 Å². The van der Waals surface area contributed by atoms with Crippen LogP contribution in [0.3, 0.4) is 0 Å². The molecule has 2 amide bonds. The molecule has 0 aliphatic carbocycles. The van der Waals surface area contributed by atoms with Gasteiger partial charge in [0, 0.05) is 24.8 Å². The van der Waals surface area contributed by atoms with Crippen LogP contribution in [0, 0.1) is 6.92 Å². The van der Waals surface area contributed by atoms with E-state index in [4.69, 9.17) is 0 Å². The lowest BCUT2D eigenvalue weighted by Crippen LogP contribution is -2.35. The number of hydrogen-bond acceptors (Lipinski definition) is 3. The van der Waals surface area contributed by atoms with Gasteiger partial charge in [0.15, 0.2) is 0 Å². The van der Waals surface area contributed by atoms with Gasteiger partial charge in [0.2, 0.25) is 5.78 Å². The number of urea groups is 1. The molecule has 2 aromatic rings. The molecule has 1 N–H and O–H groups in total. The molecule has 102 valence electrons. The molecule has 1 aliphatic heterocycles. The lowest BCUT2D eigenvalue weighted by atomic mass is 10.0. The Labute approximate surface area is 121 Å². The molecule has 0 atom stereocenters. The fourth-order valence-electron chi connectivity index (χ4n) is 2.26. The van der Waals surface area contributed by atoms with Crippen molar-refractivity contribution in [1.82, 2.24) is 4.90 Å². The van der Waals surface area contributed by atoms with Crippen molar-refractivity contribution in [2.45, 2.75) is 13.5 Å². The van der Waals surface area contributed by atoms with Gasteiger partial charge in [0.1, 0.15) is 0 Å². The standard InChI is InChI=1S/C15H14N2O2S/c1-9-5-6-20-14(9)13(18)10-3-4-12-11(7-10)8-17(2)15(19)16-12/h3-7H,8H2,1-2H3,(H,16,19).